The van der Waals surface area contributed by atoms with Gasteiger partial charge in [-0.1, -0.05) is 24.3 Å². The first kappa shape index (κ1) is 16.6. The molecule has 0 spiro atoms. The van der Waals surface area contributed by atoms with Gasteiger partial charge in [0.25, 0.3) is 0 Å². The van der Waals surface area contributed by atoms with Crippen molar-refractivity contribution in [2.24, 2.45) is 0 Å². The highest BCUT2D eigenvalue weighted by molar-refractivity contribution is 6.10. The molecule has 0 unspecified atom stereocenters. The van der Waals surface area contributed by atoms with Gasteiger partial charge in [-0.15, -0.1) is 0 Å². The average Bonchev–Trinajstić information content (AvgIpc) is 3.04. The molecule has 0 amide bonds. The van der Waals surface area contributed by atoms with Crippen LogP contribution in [0, 0.1) is 17.5 Å². The summed E-state index contributed by atoms with van der Waals surface area (Å²) in [5, 5.41) is 1.85. The van der Waals surface area contributed by atoms with Crippen LogP contribution in [-0.2, 0) is 0 Å². The zero-order valence-electron chi connectivity index (χ0n) is 14.6. The second-order valence-corrected chi connectivity index (χ2v) is 6.77. The molecule has 0 saturated carbocycles. The fourth-order valence-electron chi connectivity index (χ4n) is 3.66. The molecule has 0 fully saturated rings. The molecule has 1 nitrogen and oxygen atoms in total. The van der Waals surface area contributed by atoms with Gasteiger partial charge in [0.15, 0.2) is 0 Å². The molecule has 0 aliphatic rings. The molecule has 1 heterocycles. The lowest BCUT2D eigenvalue weighted by Crippen LogP contribution is -1.87. The predicted octanol–water partition coefficient (Wildman–Crippen LogP) is 7.07. The van der Waals surface area contributed by atoms with E-state index in [9.17, 15) is 13.2 Å². The minimum absolute atomic E-state index is 0.309. The molecule has 28 heavy (non-hydrogen) atoms. The van der Waals surface area contributed by atoms with Crippen molar-refractivity contribution >= 4 is 21.8 Å². The van der Waals surface area contributed by atoms with E-state index in [1.165, 1.54) is 36.4 Å². The van der Waals surface area contributed by atoms with E-state index in [0.717, 1.165) is 38.5 Å². The van der Waals surface area contributed by atoms with E-state index >= 15 is 0 Å². The number of benzene rings is 4. The van der Waals surface area contributed by atoms with Crippen LogP contribution in [-0.4, -0.2) is 4.98 Å². The van der Waals surface area contributed by atoms with Crippen molar-refractivity contribution in [3.05, 3.63) is 96.3 Å². The van der Waals surface area contributed by atoms with E-state index in [1.807, 2.05) is 12.1 Å². The Balaban J connectivity index is 1.84. The summed E-state index contributed by atoms with van der Waals surface area (Å²) < 4.78 is 40.5. The molecule has 0 bridgehead atoms. The van der Waals surface area contributed by atoms with Gasteiger partial charge in [0.1, 0.15) is 17.5 Å². The van der Waals surface area contributed by atoms with Gasteiger partial charge in [-0.05, 0) is 76.9 Å². The average molecular weight is 373 g/mol. The van der Waals surface area contributed by atoms with E-state index in [2.05, 4.69) is 4.98 Å². The fraction of sp³-hybridized carbons (Fsp3) is 0. The van der Waals surface area contributed by atoms with E-state index in [-0.39, 0.29) is 17.5 Å². The maximum atomic E-state index is 13.6. The molecule has 0 aliphatic heterocycles. The Hall–Kier alpha value is -3.53. The first-order chi connectivity index (χ1) is 13.6. The molecule has 5 rings (SSSR count). The summed E-state index contributed by atoms with van der Waals surface area (Å²) in [5.41, 5.74) is 5.02. The van der Waals surface area contributed by atoms with Crippen LogP contribution in [0.25, 0.3) is 44.1 Å². The molecular weight excluding hydrogens is 359 g/mol. The number of aromatic nitrogens is 1. The third-order valence-corrected chi connectivity index (χ3v) is 5.01. The number of nitrogens with one attached hydrogen (secondary N) is 1. The lowest BCUT2D eigenvalue weighted by molar-refractivity contribution is 0.627. The van der Waals surface area contributed by atoms with Crippen LogP contribution in [0.2, 0.25) is 0 Å². The van der Waals surface area contributed by atoms with Gasteiger partial charge in [0, 0.05) is 21.8 Å². The Morgan fingerprint density at radius 2 is 0.964 bits per heavy atom. The van der Waals surface area contributed by atoms with Gasteiger partial charge in [-0.2, -0.15) is 0 Å². The van der Waals surface area contributed by atoms with Crippen molar-refractivity contribution in [3.63, 3.8) is 0 Å². The van der Waals surface area contributed by atoms with Crippen molar-refractivity contribution in [3.8, 4) is 22.3 Å². The van der Waals surface area contributed by atoms with Gasteiger partial charge < -0.3 is 4.98 Å². The van der Waals surface area contributed by atoms with Gasteiger partial charge in [0.05, 0.1) is 0 Å². The normalized spacial score (nSPS) is 11.4. The molecule has 1 aromatic heterocycles. The number of rotatable bonds is 2. The van der Waals surface area contributed by atoms with Crippen LogP contribution >= 0.6 is 0 Å². The van der Waals surface area contributed by atoms with Gasteiger partial charge >= 0.3 is 0 Å². The van der Waals surface area contributed by atoms with E-state index in [4.69, 9.17) is 0 Å². The highest BCUT2D eigenvalue weighted by Crippen LogP contribution is 2.38. The molecule has 136 valence electrons. The molecule has 4 heteroatoms. The second-order valence-electron chi connectivity index (χ2n) is 6.77. The molecule has 0 saturated heterocycles. The maximum absolute atomic E-state index is 13.6. The summed E-state index contributed by atoms with van der Waals surface area (Å²) in [6, 6.07) is 21.1. The molecular formula is C24H14F3N. The van der Waals surface area contributed by atoms with Crippen LogP contribution in [0.1, 0.15) is 0 Å². The number of aromatic amines is 1. The third kappa shape index (κ3) is 2.74. The van der Waals surface area contributed by atoms with E-state index < -0.39 is 0 Å². The smallest absolute Gasteiger partial charge is 0.125 e. The summed E-state index contributed by atoms with van der Waals surface area (Å²) in [6.07, 6.45) is 0. The summed E-state index contributed by atoms with van der Waals surface area (Å²) in [7, 11) is 0. The summed E-state index contributed by atoms with van der Waals surface area (Å²) in [4.78, 5) is 3.25. The third-order valence-electron chi connectivity index (χ3n) is 5.01. The van der Waals surface area contributed by atoms with Gasteiger partial charge in [0.2, 0.25) is 0 Å². The number of hydrogen-bond acceptors (Lipinski definition) is 0. The van der Waals surface area contributed by atoms with E-state index in [0.29, 0.717) is 5.52 Å². The first-order valence-electron chi connectivity index (χ1n) is 8.85. The summed E-state index contributed by atoms with van der Waals surface area (Å²) >= 11 is 0. The Morgan fingerprint density at radius 1 is 0.464 bits per heavy atom. The van der Waals surface area contributed by atoms with Crippen molar-refractivity contribution in [1.29, 1.82) is 0 Å². The maximum Gasteiger partial charge on any atom is 0.125 e. The van der Waals surface area contributed by atoms with Gasteiger partial charge in [-0.25, -0.2) is 13.2 Å². The standard InChI is InChI=1S/C24H14F3N/c25-16-5-1-14(2-6-16)20-12-22-19-10-9-18(27)11-23(19)28-24(22)13-21(20)15-3-7-17(26)8-4-15/h1-13,28H. The Bertz CT molecular complexity index is 1320. The number of hydrogen-bond donors (Lipinski definition) is 1. The number of fused-ring (bicyclic) bond motifs is 3. The van der Waals surface area contributed by atoms with Crippen molar-refractivity contribution in [1.82, 2.24) is 4.98 Å². The Morgan fingerprint density at radius 3 is 1.57 bits per heavy atom. The Labute approximate surface area is 159 Å². The van der Waals surface area contributed by atoms with Crippen molar-refractivity contribution < 1.29 is 13.2 Å². The molecule has 0 radical (unpaired) electrons. The first-order valence-corrected chi connectivity index (χ1v) is 8.85. The number of H-pyrrole nitrogens is 1. The quantitative estimate of drug-likeness (QED) is 0.340. The van der Waals surface area contributed by atoms with Crippen LogP contribution in [0.4, 0.5) is 13.2 Å². The minimum Gasteiger partial charge on any atom is -0.354 e. The number of halogens is 3. The monoisotopic (exact) mass is 373 g/mol. The summed E-state index contributed by atoms with van der Waals surface area (Å²) in [6.45, 7) is 0. The predicted molar refractivity (Wildman–Crippen MR) is 107 cm³/mol. The lowest BCUT2D eigenvalue weighted by atomic mass is 9.92. The summed E-state index contributed by atoms with van der Waals surface area (Å²) in [5.74, 6) is -0.929. The van der Waals surface area contributed by atoms with Crippen molar-refractivity contribution in [2.45, 2.75) is 0 Å². The molecule has 0 atom stereocenters. The van der Waals surface area contributed by atoms with Gasteiger partial charge in [-0.3, -0.25) is 0 Å². The lowest BCUT2D eigenvalue weighted by Gasteiger charge is -2.11. The largest absolute Gasteiger partial charge is 0.354 e. The van der Waals surface area contributed by atoms with Crippen LogP contribution < -0.4 is 0 Å². The zero-order chi connectivity index (χ0) is 19.3. The highest BCUT2D eigenvalue weighted by Gasteiger charge is 2.13. The van der Waals surface area contributed by atoms with Crippen LogP contribution in [0.3, 0.4) is 0 Å². The molecule has 4 aromatic carbocycles. The minimum atomic E-state index is -0.311. The SMILES string of the molecule is Fc1ccc(-c2cc3[nH]c4cc(F)ccc4c3cc2-c2ccc(F)cc2)cc1. The topological polar surface area (TPSA) is 15.8 Å². The van der Waals surface area contributed by atoms with Crippen LogP contribution in [0.5, 0.6) is 0 Å². The fourth-order valence-corrected chi connectivity index (χ4v) is 3.66. The molecule has 5 aromatic rings. The van der Waals surface area contributed by atoms with Crippen LogP contribution in [0.15, 0.2) is 78.9 Å². The van der Waals surface area contributed by atoms with E-state index in [1.54, 1.807) is 30.3 Å². The zero-order valence-corrected chi connectivity index (χ0v) is 14.6. The molecule has 1 N–H and O–H groups in total. The highest BCUT2D eigenvalue weighted by atomic mass is 19.1. The molecule has 0 aliphatic carbocycles. The second kappa shape index (κ2) is 6.27. The Kier molecular flexibility index (Phi) is 3.72. The van der Waals surface area contributed by atoms with Crippen molar-refractivity contribution in [2.75, 3.05) is 0 Å².